The molecule has 0 spiro atoms. The SMILES string of the molecule is COC1CCCCC1NC1CCCC1C. The van der Waals surface area contributed by atoms with E-state index < -0.39 is 0 Å². The third-order valence-electron chi connectivity index (χ3n) is 4.29. The molecule has 4 unspecified atom stereocenters. The fourth-order valence-electron chi connectivity index (χ4n) is 3.24. The predicted molar refractivity (Wildman–Crippen MR) is 63.0 cm³/mol. The maximum atomic E-state index is 5.59. The topological polar surface area (TPSA) is 21.3 Å². The van der Waals surface area contributed by atoms with E-state index in [1.54, 1.807) is 0 Å². The lowest BCUT2D eigenvalue weighted by Gasteiger charge is -2.34. The molecule has 0 saturated heterocycles. The average Bonchev–Trinajstić information content (AvgIpc) is 2.65. The Kier molecular flexibility index (Phi) is 4.04. The molecule has 2 rings (SSSR count). The summed E-state index contributed by atoms with van der Waals surface area (Å²) in [6, 6.07) is 1.38. The van der Waals surface area contributed by atoms with E-state index >= 15 is 0 Å². The number of nitrogens with one attached hydrogen (secondary N) is 1. The van der Waals surface area contributed by atoms with E-state index in [4.69, 9.17) is 4.74 Å². The molecule has 0 amide bonds. The second kappa shape index (κ2) is 5.31. The number of methoxy groups -OCH3 is 1. The molecule has 2 aliphatic carbocycles. The van der Waals surface area contributed by atoms with Gasteiger partial charge in [0.15, 0.2) is 0 Å². The number of hydrogen-bond acceptors (Lipinski definition) is 2. The van der Waals surface area contributed by atoms with Crippen LogP contribution in [-0.4, -0.2) is 25.3 Å². The monoisotopic (exact) mass is 211 g/mol. The molecule has 2 aliphatic rings. The van der Waals surface area contributed by atoms with E-state index in [-0.39, 0.29) is 0 Å². The van der Waals surface area contributed by atoms with Gasteiger partial charge in [-0.25, -0.2) is 0 Å². The lowest BCUT2D eigenvalue weighted by atomic mass is 9.91. The van der Waals surface area contributed by atoms with E-state index in [0.29, 0.717) is 12.1 Å². The van der Waals surface area contributed by atoms with Crippen LogP contribution in [0.3, 0.4) is 0 Å². The molecule has 4 atom stereocenters. The van der Waals surface area contributed by atoms with Crippen LogP contribution in [0.2, 0.25) is 0 Å². The van der Waals surface area contributed by atoms with Crippen molar-refractivity contribution in [2.75, 3.05) is 7.11 Å². The normalized spacial score (nSPS) is 42.0. The summed E-state index contributed by atoms with van der Waals surface area (Å²) in [5.41, 5.74) is 0. The molecule has 2 heteroatoms. The zero-order chi connectivity index (χ0) is 10.7. The van der Waals surface area contributed by atoms with Crippen LogP contribution >= 0.6 is 0 Å². The van der Waals surface area contributed by atoms with Gasteiger partial charge in [0.25, 0.3) is 0 Å². The Balaban J connectivity index is 1.85. The van der Waals surface area contributed by atoms with Gasteiger partial charge in [-0.2, -0.15) is 0 Å². The summed E-state index contributed by atoms with van der Waals surface area (Å²) in [4.78, 5) is 0. The zero-order valence-electron chi connectivity index (χ0n) is 10.2. The van der Waals surface area contributed by atoms with Crippen LogP contribution in [0.5, 0.6) is 0 Å². The maximum Gasteiger partial charge on any atom is 0.0724 e. The van der Waals surface area contributed by atoms with Crippen LogP contribution in [0.4, 0.5) is 0 Å². The molecule has 0 aromatic rings. The Bertz CT molecular complexity index is 195. The number of rotatable bonds is 3. The van der Waals surface area contributed by atoms with Gasteiger partial charge in [-0.1, -0.05) is 26.2 Å². The third-order valence-corrected chi connectivity index (χ3v) is 4.29. The molecule has 15 heavy (non-hydrogen) atoms. The molecule has 2 nitrogen and oxygen atoms in total. The van der Waals surface area contributed by atoms with Gasteiger partial charge in [-0.15, -0.1) is 0 Å². The van der Waals surface area contributed by atoms with E-state index in [2.05, 4.69) is 12.2 Å². The molecule has 0 aliphatic heterocycles. The van der Waals surface area contributed by atoms with Gasteiger partial charge in [0.2, 0.25) is 0 Å². The fourth-order valence-corrected chi connectivity index (χ4v) is 3.24. The molecule has 2 fully saturated rings. The highest BCUT2D eigenvalue weighted by Crippen LogP contribution is 2.28. The van der Waals surface area contributed by atoms with Gasteiger partial charge in [0, 0.05) is 19.2 Å². The lowest BCUT2D eigenvalue weighted by molar-refractivity contribution is 0.0362. The molecule has 2 saturated carbocycles. The van der Waals surface area contributed by atoms with Crippen molar-refractivity contribution < 1.29 is 4.74 Å². The molecule has 0 aromatic heterocycles. The van der Waals surface area contributed by atoms with E-state index in [1.807, 2.05) is 7.11 Å². The Morgan fingerprint density at radius 1 is 0.933 bits per heavy atom. The summed E-state index contributed by atoms with van der Waals surface area (Å²) >= 11 is 0. The summed E-state index contributed by atoms with van der Waals surface area (Å²) < 4.78 is 5.59. The first-order valence-corrected chi connectivity index (χ1v) is 6.60. The standard InChI is InChI=1S/C13H25NO/c1-10-6-5-8-11(10)14-12-7-3-4-9-13(12)15-2/h10-14H,3-9H2,1-2H3. The van der Waals surface area contributed by atoms with Crippen molar-refractivity contribution in [3.8, 4) is 0 Å². The quantitative estimate of drug-likeness (QED) is 0.775. The second-order valence-corrected chi connectivity index (χ2v) is 5.35. The van der Waals surface area contributed by atoms with Gasteiger partial charge in [-0.3, -0.25) is 0 Å². The molecular weight excluding hydrogens is 186 g/mol. The number of hydrogen-bond donors (Lipinski definition) is 1. The van der Waals surface area contributed by atoms with Gasteiger partial charge in [0.05, 0.1) is 6.10 Å². The Morgan fingerprint density at radius 3 is 2.33 bits per heavy atom. The van der Waals surface area contributed by atoms with Crippen LogP contribution in [0.1, 0.15) is 51.9 Å². The predicted octanol–water partition coefficient (Wildman–Crippen LogP) is 2.72. The van der Waals surface area contributed by atoms with Gasteiger partial charge in [-0.05, 0) is 31.6 Å². The fraction of sp³-hybridized carbons (Fsp3) is 1.00. The van der Waals surface area contributed by atoms with E-state index in [0.717, 1.165) is 12.0 Å². The van der Waals surface area contributed by atoms with Gasteiger partial charge in [0.1, 0.15) is 0 Å². The number of ether oxygens (including phenoxy) is 1. The third kappa shape index (κ3) is 2.73. The van der Waals surface area contributed by atoms with Crippen molar-refractivity contribution in [1.29, 1.82) is 0 Å². The van der Waals surface area contributed by atoms with Gasteiger partial charge >= 0.3 is 0 Å². The highest BCUT2D eigenvalue weighted by Gasteiger charge is 2.30. The van der Waals surface area contributed by atoms with Crippen LogP contribution in [0.15, 0.2) is 0 Å². The molecular formula is C13H25NO. The highest BCUT2D eigenvalue weighted by atomic mass is 16.5. The minimum Gasteiger partial charge on any atom is -0.380 e. The molecule has 1 N–H and O–H groups in total. The average molecular weight is 211 g/mol. The Hall–Kier alpha value is -0.0800. The summed E-state index contributed by atoms with van der Waals surface area (Å²) in [5.74, 6) is 0.865. The van der Waals surface area contributed by atoms with Crippen molar-refractivity contribution in [3.63, 3.8) is 0 Å². The first-order valence-electron chi connectivity index (χ1n) is 6.60. The molecule has 0 bridgehead atoms. The summed E-state index contributed by atoms with van der Waals surface area (Å²) in [7, 11) is 1.86. The Morgan fingerprint density at radius 2 is 1.67 bits per heavy atom. The van der Waals surface area contributed by atoms with Crippen molar-refractivity contribution in [2.45, 2.75) is 70.1 Å². The van der Waals surface area contributed by atoms with Gasteiger partial charge < -0.3 is 10.1 Å². The van der Waals surface area contributed by atoms with Crippen molar-refractivity contribution >= 4 is 0 Å². The molecule has 88 valence electrons. The smallest absolute Gasteiger partial charge is 0.0724 e. The van der Waals surface area contributed by atoms with E-state index in [9.17, 15) is 0 Å². The second-order valence-electron chi connectivity index (χ2n) is 5.35. The van der Waals surface area contributed by atoms with Crippen molar-refractivity contribution in [3.05, 3.63) is 0 Å². The van der Waals surface area contributed by atoms with Crippen molar-refractivity contribution in [2.24, 2.45) is 5.92 Å². The highest BCUT2D eigenvalue weighted by molar-refractivity contribution is 4.88. The van der Waals surface area contributed by atoms with Crippen LogP contribution in [-0.2, 0) is 4.74 Å². The Labute approximate surface area is 93.8 Å². The molecule has 0 heterocycles. The van der Waals surface area contributed by atoms with Crippen LogP contribution < -0.4 is 5.32 Å². The van der Waals surface area contributed by atoms with Crippen LogP contribution in [0.25, 0.3) is 0 Å². The lowest BCUT2D eigenvalue weighted by Crippen LogP contribution is -2.48. The zero-order valence-corrected chi connectivity index (χ0v) is 10.2. The van der Waals surface area contributed by atoms with Crippen LogP contribution in [0, 0.1) is 5.92 Å². The molecule has 0 radical (unpaired) electrons. The summed E-state index contributed by atoms with van der Waals surface area (Å²) in [6.07, 6.45) is 9.91. The first kappa shape index (κ1) is 11.4. The first-order chi connectivity index (χ1) is 7.31. The summed E-state index contributed by atoms with van der Waals surface area (Å²) in [6.45, 7) is 2.38. The maximum absolute atomic E-state index is 5.59. The minimum absolute atomic E-state index is 0.464. The largest absolute Gasteiger partial charge is 0.380 e. The molecule has 0 aromatic carbocycles. The van der Waals surface area contributed by atoms with E-state index in [1.165, 1.54) is 44.9 Å². The minimum atomic E-state index is 0.464. The summed E-state index contributed by atoms with van der Waals surface area (Å²) in [5, 5.41) is 3.84. The van der Waals surface area contributed by atoms with Crippen molar-refractivity contribution in [1.82, 2.24) is 5.32 Å².